The van der Waals surface area contributed by atoms with E-state index < -0.39 is 0 Å². The van der Waals surface area contributed by atoms with Crippen molar-refractivity contribution in [1.29, 1.82) is 0 Å². The van der Waals surface area contributed by atoms with Crippen LogP contribution < -0.4 is 5.32 Å². The van der Waals surface area contributed by atoms with Gasteiger partial charge < -0.3 is 9.84 Å². The number of rotatable bonds is 3. The highest BCUT2D eigenvalue weighted by Gasteiger charge is 2.13. The van der Waals surface area contributed by atoms with Crippen LogP contribution in [0.15, 0.2) is 59.1 Å². The molecule has 0 aliphatic heterocycles. The fraction of sp³-hybridized carbons (Fsp3) is 0.105. The Morgan fingerprint density at radius 2 is 1.92 bits per heavy atom. The summed E-state index contributed by atoms with van der Waals surface area (Å²) in [5.74, 6) is -0.137. The summed E-state index contributed by atoms with van der Waals surface area (Å²) in [4.78, 5) is 16.9. The van der Waals surface area contributed by atoms with E-state index in [1.807, 2.05) is 61.5 Å². The monoisotopic (exact) mass is 317 g/mol. The predicted molar refractivity (Wildman–Crippen MR) is 92.8 cm³/mol. The molecule has 2 heterocycles. The van der Waals surface area contributed by atoms with Gasteiger partial charge in [0.15, 0.2) is 5.58 Å². The predicted octanol–water partition coefficient (Wildman–Crippen LogP) is 3.87. The summed E-state index contributed by atoms with van der Waals surface area (Å²) in [5.41, 5.74) is 3.87. The highest BCUT2D eigenvalue weighted by atomic mass is 16.5. The van der Waals surface area contributed by atoms with Gasteiger partial charge in [0.2, 0.25) is 5.91 Å². The lowest BCUT2D eigenvalue weighted by Gasteiger charge is -2.08. The second-order valence-electron chi connectivity index (χ2n) is 5.68. The van der Waals surface area contributed by atoms with E-state index in [1.165, 1.54) is 0 Å². The van der Waals surface area contributed by atoms with Gasteiger partial charge in [-0.2, -0.15) is 0 Å². The Morgan fingerprint density at radius 1 is 1.04 bits per heavy atom. The third-order valence-electron chi connectivity index (χ3n) is 3.93. The third-order valence-corrected chi connectivity index (χ3v) is 3.93. The van der Waals surface area contributed by atoms with Crippen molar-refractivity contribution in [2.45, 2.75) is 13.3 Å². The van der Waals surface area contributed by atoms with E-state index in [1.54, 1.807) is 0 Å². The number of amides is 1. The lowest BCUT2D eigenvalue weighted by atomic mass is 10.1. The number of pyridine rings is 1. The van der Waals surface area contributed by atoms with E-state index in [2.05, 4.69) is 15.5 Å². The number of aryl methyl sites for hydroxylation is 1. The first kappa shape index (κ1) is 14.4. The zero-order valence-corrected chi connectivity index (χ0v) is 13.1. The zero-order valence-electron chi connectivity index (χ0n) is 13.1. The molecule has 2 aromatic carbocycles. The van der Waals surface area contributed by atoms with E-state index >= 15 is 0 Å². The molecule has 2 aromatic heterocycles. The normalized spacial score (nSPS) is 11.0. The second-order valence-corrected chi connectivity index (χ2v) is 5.68. The number of fused-ring (bicyclic) bond motifs is 2. The summed E-state index contributed by atoms with van der Waals surface area (Å²) in [6.07, 6.45) is 0.159. The van der Waals surface area contributed by atoms with Crippen molar-refractivity contribution in [3.63, 3.8) is 0 Å². The van der Waals surface area contributed by atoms with Crippen molar-refractivity contribution in [2.75, 3.05) is 5.32 Å². The van der Waals surface area contributed by atoms with E-state index in [0.717, 1.165) is 27.7 Å². The number of hydrogen-bond acceptors (Lipinski definition) is 4. The van der Waals surface area contributed by atoms with Crippen LogP contribution in [0.4, 0.5) is 5.69 Å². The number of para-hydroxylation sites is 1. The summed E-state index contributed by atoms with van der Waals surface area (Å²) in [6.45, 7) is 1.94. The first-order valence-corrected chi connectivity index (χ1v) is 7.70. The summed E-state index contributed by atoms with van der Waals surface area (Å²) < 4.78 is 5.24. The maximum absolute atomic E-state index is 12.4. The molecule has 1 N–H and O–H groups in total. The number of aromatic nitrogens is 2. The lowest BCUT2D eigenvalue weighted by Crippen LogP contribution is -2.15. The van der Waals surface area contributed by atoms with Crippen LogP contribution in [0.2, 0.25) is 0 Å². The number of nitrogens with one attached hydrogen (secondary N) is 1. The minimum absolute atomic E-state index is 0.137. The molecule has 0 spiro atoms. The van der Waals surface area contributed by atoms with Gasteiger partial charge in [-0.05, 0) is 43.3 Å². The Labute approximate surface area is 138 Å². The number of carbonyl (C=O) groups excluding carboxylic acids is 1. The van der Waals surface area contributed by atoms with Crippen LogP contribution >= 0.6 is 0 Å². The van der Waals surface area contributed by atoms with Crippen molar-refractivity contribution in [3.05, 3.63) is 66.0 Å². The van der Waals surface area contributed by atoms with Gasteiger partial charge in [0.05, 0.1) is 17.6 Å². The zero-order chi connectivity index (χ0) is 16.5. The largest absolute Gasteiger partial charge is 0.356 e. The van der Waals surface area contributed by atoms with E-state index in [4.69, 9.17) is 4.52 Å². The van der Waals surface area contributed by atoms with E-state index in [9.17, 15) is 4.79 Å². The van der Waals surface area contributed by atoms with Crippen molar-refractivity contribution >= 4 is 33.5 Å². The molecule has 5 nitrogen and oxygen atoms in total. The number of carbonyl (C=O) groups is 1. The topological polar surface area (TPSA) is 68.0 Å². The fourth-order valence-electron chi connectivity index (χ4n) is 2.78. The van der Waals surface area contributed by atoms with Gasteiger partial charge >= 0.3 is 0 Å². The summed E-state index contributed by atoms with van der Waals surface area (Å²) >= 11 is 0. The average Bonchev–Trinajstić information content (AvgIpc) is 2.98. The number of anilines is 1. The maximum atomic E-state index is 12.4. The quantitative estimate of drug-likeness (QED) is 0.623. The molecule has 4 aromatic rings. The van der Waals surface area contributed by atoms with Gasteiger partial charge in [0, 0.05) is 16.5 Å². The van der Waals surface area contributed by atoms with Crippen molar-refractivity contribution in [1.82, 2.24) is 10.1 Å². The minimum atomic E-state index is -0.137. The number of nitrogens with zero attached hydrogens (tertiary/aromatic N) is 2. The molecule has 0 aliphatic rings. The highest BCUT2D eigenvalue weighted by molar-refractivity contribution is 6.02. The molecule has 24 heavy (non-hydrogen) atoms. The molecule has 4 rings (SSSR count). The molecule has 1 amide bonds. The smallest absolute Gasteiger partial charge is 0.230 e. The van der Waals surface area contributed by atoms with Gasteiger partial charge in [-0.25, -0.2) is 0 Å². The van der Waals surface area contributed by atoms with Crippen molar-refractivity contribution < 1.29 is 9.32 Å². The third kappa shape index (κ3) is 2.60. The molecule has 0 radical (unpaired) electrons. The molecular formula is C19H15N3O2. The molecular weight excluding hydrogens is 302 g/mol. The Kier molecular flexibility index (Phi) is 3.46. The van der Waals surface area contributed by atoms with Crippen LogP contribution in [0.5, 0.6) is 0 Å². The molecule has 5 heteroatoms. The summed E-state index contributed by atoms with van der Waals surface area (Å²) in [5, 5.41) is 8.73. The maximum Gasteiger partial charge on any atom is 0.230 e. The Hall–Kier alpha value is -3.21. The van der Waals surface area contributed by atoms with Crippen LogP contribution in [0, 0.1) is 6.92 Å². The van der Waals surface area contributed by atoms with Crippen LogP contribution in [-0.2, 0) is 11.2 Å². The summed E-state index contributed by atoms with van der Waals surface area (Å²) in [6, 6.07) is 17.1. The Bertz CT molecular complexity index is 1050. The van der Waals surface area contributed by atoms with Crippen LogP contribution in [0.3, 0.4) is 0 Å². The standard InChI is InChI=1S/C19H15N3O2/c1-12-9-10-13-15(20-12)6-4-7-16(13)21-19(23)11-17-14-5-2-3-8-18(14)24-22-17/h2-10H,11H2,1H3,(H,21,23). The highest BCUT2D eigenvalue weighted by Crippen LogP contribution is 2.23. The fourth-order valence-corrected chi connectivity index (χ4v) is 2.78. The first-order chi connectivity index (χ1) is 11.7. The molecule has 0 saturated heterocycles. The van der Waals surface area contributed by atoms with Gasteiger partial charge in [0.25, 0.3) is 0 Å². The molecule has 118 valence electrons. The van der Waals surface area contributed by atoms with Crippen LogP contribution in [0.1, 0.15) is 11.4 Å². The van der Waals surface area contributed by atoms with Crippen molar-refractivity contribution in [3.8, 4) is 0 Å². The lowest BCUT2D eigenvalue weighted by molar-refractivity contribution is -0.115. The van der Waals surface area contributed by atoms with Crippen molar-refractivity contribution in [2.24, 2.45) is 0 Å². The molecule has 0 bridgehead atoms. The van der Waals surface area contributed by atoms with Gasteiger partial charge in [0.1, 0.15) is 5.69 Å². The summed E-state index contributed by atoms with van der Waals surface area (Å²) in [7, 11) is 0. The van der Waals surface area contributed by atoms with E-state index in [0.29, 0.717) is 11.3 Å². The molecule has 0 atom stereocenters. The first-order valence-electron chi connectivity index (χ1n) is 7.70. The van der Waals surface area contributed by atoms with E-state index in [-0.39, 0.29) is 12.3 Å². The Balaban J connectivity index is 1.60. The van der Waals surface area contributed by atoms with Gasteiger partial charge in [-0.3, -0.25) is 9.78 Å². The Morgan fingerprint density at radius 3 is 2.83 bits per heavy atom. The molecule has 0 unspecified atom stereocenters. The molecule has 0 fully saturated rings. The number of benzene rings is 2. The van der Waals surface area contributed by atoms with Gasteiger partial charge in [-0.15, -0.1) is 0 Å². The minimum Gasteiger partial charge on any atom is -0.356 e. The van der Waals surface area contributed by atoms with Crippen LogP contribution in [-0.4, -0.2) is 16.0 Å². The van der Waals surface area contributed by atoms with Gasteiger partial charge in [-0.1, -0.05) is 23.4 Å². The second kappa shape index (κ2) is 5.77. The average molecular weight is 317 g/mol. The SMILES string of the molecule is Cc1ccc2c(NC(=O)Cc3noc4ccccc34)cccc2n1. The molecule has 0 aliphatic carbocycles. The van der Waals surface area contributed by atoms with Crippen LogP contribution in [0.25, 0.3) is 21.9 Å². The molecule has 0 saturated carbocycles. The number of hydrogen-bond donors (Lipinski definition) is 1.